The van der Waals surface area contributed by atoms with Gasteiger partial charge in [0.1, 0.15) is 0 Å². The van der Waals surface area contributed by atoms with E-state index < -0.39 is 17.8 Å². The maximum Gasteiger partial charge on any atom is 0.306 e. The van der Waals surface area contributed by atoms with Crippen LogP contribution in [0.5, 0.6) is 0 Å². The third-order valence-corrected chi connectivity index (χ3v) is 5.71. The van der Waals surface area contributed by atoms with Crippen LogP contribution in [0.25, 0.3) is 0 Å². The number of nitrogens with one attached hydrogen (secondary N) is 1. The highest BCUT2D eigenvalue weighted by atomic mass is 16.5. The Morgan fingerprint density at radius 3 is 2.62 bits per heavy atom. The van der Waals surface area contributed by atoms with Gasteiger partial charge < -0.3 is 15.2 Å². The molecule has 0 bridgehead atoms. The van der Waals surface area contributed by atoms with Crippen molar-refractivity contribution in [1.29, 1.82) is 0 Å². The molecule has 0 unspecified atom stereocenters. The first-order valence-corrected chi connectivity index (χ1v) is 9.94. The summed E-state index contributed by atoms with van der Waals surface area (Å²) in [4.78, 5) is 50.1. The highest BCUT2D eigenvalue weighted by Crippen LogP contribution is 2.30. The van der Waals surface area contributed by atoms with Crippen molar-refractivity contribution < 1.29 is 29.0 Å². The van der Waals surface area contributed by atoms with E-state index in [-0.39, 0.29) is 41.9 Å². The average molecular weight is 402 g/mol. The van der Waals surface area contributed by atoms with Crippen LogP contribution in [0.3, 0.4) is 0 Å². The van der Waals surface area contributed by atoms with Crippen LogP contribution in [0.15, 0.2) is 18.2 Å². The van der Waals surface area contributed by atoms with E-state index in [2.05, 4.69) is 5.32 Å². The van der Waals surface area contributed by atoms with Crippen LogP contribution in [0.1, 0.15) is 63.2 Å². The molecule has 1 heterocycles. The van der Waals surface area contributed by atoms with Gasteiger partial charge >= 0.3 is 5.97 Å². The second-order valence-corrected chi connectivity index (χ2v) is 7.57. The summed E-state index contributed by atoms with van der Waals surface area (Å²) < 4.78 is 4.96. The lowest BCUT2D eigenvalue weighted by Crippen LogP contribution is -2.37. The number of imide groups is 1. The standard InChI is InChI=1S/C21H26N2O6/c1-29-10-4-9-23-19(25)16-8-7-13(11-17(16)20(23)26)18(24)22-12-14-5-2-3-6-15(14)21(27)28/h7-8,11,14-15H,2-6,9-10,12H2,1H3,(H,22,24)(H,27,28)/t14-,15-/m0/s1. The lowest BCUT2D eigenvalue weighted by Gasteiger charge is -2.28. The molecule has 8 heteroatoms. The van der Waals surface area contributed by atoms with Gasteiger partial charge in [-0.3, -0.25) is 24.1 Å². The first-order valence-electron chi connectivity index (χ1n) is 9.94. The molecule has 2 aliphatic rings. The zero-order valence-electron chi connectivity index (χ0n) is 16.5. The van der Waals surface area contributed by atoms with E-state index in [9.17, 15) is 24.3 Å². The molecular weight excluding hydrogens is 376 g/mol. The minimum Gasteiger partial charge on any atom is -0.481 e. The minimum atomic E-state index is -0.820. The fourth-order valence-corrected chi connectivity index (χ4v) is 4.10. The number of benzene rings is 1. The quantitative estimate of drug-likeness (QED) is 0.508. The molecule has 156 valence electrons. The van der Waals surface area contributed by atoms with E-state index in [1.54, 1.807) is 7.11 Å². The van der Waals surface area contributed by atoms with Crippen molar-refractivity contribution in [3.63, 3.8) is 0 Å². The fraction of sp³-hybridized carbons (Fsp3) is 0.524. The number of rotatable bonds is 8. The summed E-state index contributed by atoms with van der Waals surface area (Å²) in [6, 6.07) is 4.46. The summed E-state index contributed by atoms with van der Waals surface area (Å²) in [5, 5.41) is 12.2. The van der Waals surface area contributed by atoms with E-state index in [1.807, 2.05) is 0 Å². The van der Waals surface area contributed by atoms with Gasteiger partial charge in [0, 0.05) is 32.4 Å². The number of hydrogen-bond acceptors (Lipinski definition) is 5. The summed E-state index contributed by atoms with van der Waals surface area (Å²) in [6.45, 7) is 0.989. The fourth-order valence-electron chi connectivity index (χ4n) is 4.10. The maximum absolute atomic E-state index is 12.6. The van der Waals surface area contributed by atoms with Crippen LogP contribution < -0.4 is 5.32 Å². The SMILES string of the molecule is COCCCN1C(=O)c2ccc(C(=O)NC[C@@H]3CCCC[C@@H]3C(=O)O)cc2C1=O. The molecule has 29 heavy (non-hydrogen) atoms. The maximum atomic E-state index is 12.6. The van der Waals surface area contributed by atoms with Crippen molar-refractivity contribution in [2.75, 3.05) is 26.8 Å². The van der Waals surface area contributed by atoms with Crippen molar-refractivity contribution in [3.05, 3.63) is 34.9 Å². The van der Waals surface area contributed by atoms with Crippen LogP contribution in [0, 0.1) is 11.8 Å². The summed E-state index contributed by atoms with van der Waals surface area (Å²) in [5.41, 5.74) is 0.801. The van der Waals surface area contributed by atoms with Gasteiger partial charge in [0.05, 0.1) is 17.0 Å². The normalized spacial score (nSPS) is 21.2. The van der Waals surface area contributed by atoms with Crippen molar-refractivity contribution in [3.8, 4) is 0 Å². The molecule has 1 fully saturated rings. The zero-order chi connectivity index (χ0) is 21.0. The molecular formula is C21H26N2O6. The van der Waals surface area contributed by atoms with E-state index in [4.69, 9.17) is 4.74 Å². The Hall–Kier alpha value is -2.74. The smallest absolute Gasteiger partial charge is 0.306 e. The number of carbonyl (C=O) groups excluding carboxylic acids is 3. The van der Waals surface area contributed by atoms with Crippen molar-refractivity contribution in [2.24, 2.45) is 11.8 Å². The van der Waals surface area contributed by atoms with Gasteiger partial charge in [0.2, 0.25) is 0 Å². The Labute approximate surface area is 169 Å². The Morgan fingerprint density at radius 1 is 1.17 bits per heavy atom. The molecule has 1 aliphatic carbocycles. The second-order valence-electron chi connectivity index (χ2n) is 7.57. The molecule has 2 N–H and O–H groups in total. The van der Waals surface area contributed by atoms with Crippen LogP contribution in [-0.4, -0.2) is 60.5 Å². The monoisotopic (exact) mass is 402 g/mol. The number of aliphatic carboxylic acids is 1. The van der Waals surface area contributed by atoms with E-state index >= 15 is 0 Å². The summed E-state index contributed by atoms with van der Waals surface area (Å²) >= 11 is 0. The molecule has 0 radical (unpaired) electrons. The van der Waals surface area contributed by atoms with Crippen LogP contribution >= 0.6 is 0 Å². The molecule has 2 atom stereocenters. The average Bonchev–Trinajstić information content (AvgIpc) is 2.96. The highest BCUT2D eigenvalue weighted by Gasteiger charge is 2.36. The number of methoxy groups -OCH3 is 1. The summed E-state index contributed by atoms with van der Waals surface area (Å²) in [7, 11) is 1.55. The molecule has 0 spiro atoms. The molecule has 1 aromatic carbocycles. The number of nitrogens with zero attached hydrogens (tertiary/aromatic N) is 1. The number of ether oxygens (including phenoxy) is 1. The van der Waals surface area contributed by atoms with Gasteiger partial charge in [0.25, 0.3) is 17.7 Å². The predicted molar refractivity (Wildman–Crippen MR) is 104 cm³/mol. The van der Waals surface area contributed by atoms with E-state index in [0.29, 0.717) is 25.0 Å². The lowest BCUT2D eigenvalue weighted by molar-refractivity contribution is -0.144. The van der Waals surface area contributed by atoms with Crippen LogP contribution in [-0.2, 0) is 9.53 Å². The predicted octanol–water partition coefficient (Wildman–Crippen LogP) is 1.94. The number of fused-ring (bicyclic) bond motifs is 1. The summed E-state index contributed by atoms with van der Waals surface area (Å²) in [5.74, 6) is -2.50. The van der Waals surface area contributed by atoms with Gasteiger partial charge in [-0.1, -0.05) is 12.8 Å². The first kappa shape index (κ1) is 21.0. The van der Waals surface area contributed by atoms with Gasteiger partial charge in [-0.05, 0) is 43.4 Å². The van der Waals surface area contributed by atoms with Gasteiger partial charge in [-0.15, -0.1) is 0 Å². The molecule has 1 aliphatic heterocycles. The van der Waals surface area contributed by atoms with E-state index in [1.165, 1.54) is 23.1 Å². The molecule has 8 nitrogen and oxygen atoms in total. The molecule has 3 amide bonds. The van der Waals surface area contributed by atoms with Gasteiger partial charge in [0.15, 0.2) is 0 Å². The van der Waals surface area contributed by atoms with Crippen molar-refractivity contribution >= 4 is 23.7 Å². The van der Waals surface area contributed by atoms with Crippen molar-refractivity contribution in [2.45, 2.75) is 32.1 Å². The zero-order valence-corrected chi connectivity index (χ0v) is 16.5. The Morgan fingerprint density at radius 2 is 1.90 bits per heavy atom. The minimum absolute atomic E-state index is 0.0980. The topological polar surface area (TPSA) is 113 Å². The number of hydrogen-bond donors (Lipinski definition) is 2. The van der Waals surface area contributed by atoms with Gasteiger partial charge in [-0.2, -0.15) is 0 Å². The first-order chi connectivity index (χ1) is 13.9. The van der Waals surface area contributed by atoms with Gasteiger partial charge in [-0.25, -0.2) is 0 Å². The van der Waals surface area contributed by atoms with Crippen LogP contribution in [0.4, 0.5) is 0 Å². The molecule has 3 rings (SSSR count). The molecule has 0 aromatic heterocycles. The Balaban J connectivity index is 1.66. The van der Waals surface area contributed by atoms with Crippen molar-refractivity contribution in [1.82, 2.24) is 10.2 Å². The number of amides is 3. The Bertz CT molecular complexity index is 821. The third-order valence-electron chi connectivity index (χ3n) is 5.71. The second kappa shape index (κ2) is 9.17. The lowest BCUT2D eigenvalue weighted by atomic mass is 9.79. The van der Waals surface area contributed by atoms with Crippen LogP contribution in [0.2, 0.25) is 0 Å². The number of carboxylic acids is 1. The highest BCUT2D eigenvalue weighted by molar-refractivity contribution is 6.22. The largest absolute Gasteiger partial charge is 0.481 e. The van der Waals surface area contributed by atoms with E-state index in [0.717, 1.165) is 19.3 Å². The Kier molecular flexibility index (Phi) is 6.64. The third kappa shape index (κ3) is 4.48. The number of carbonyl (C=O) groups is 4. The molecule has 1 saturated carbocycles. The molecule has 0 saturated heterocycles. The summed E-state index contributed by atoms with van der Waals surface area (Å²) in [6.07, 6.45) is 3.79. The molecule has 1 aromatic rings. The number of carboxylic acid groups (broad SMARTS) is 1.